The van der Waals surface area contributed by atoms with Crippen LogP contribution in [0.4, 0.5) is 9.18 Å². The van der Waals surface area contributed by atoms with Crippen molar-refractivity contribution in [2.24, 2.45) is 0 Å². The number of hydrogen-bond donors (Lipinski definition) is 1. The van der Waals surface area contributed by atoms with Crippen LogP contribution in [0.2, 0.25) is 0 Å². The summed E-state index contributed by atoms with van der Waals surface area (Å²) in [4.78, 5) is 22.1. The van der Waals surface area contributed by atoms with E-state index in [0.717, 1.165) is 17.1 Å². The number of halogens is 1. The van der Waals surface area contributed by atoms with Gasteiger partial charge in [0.2, 0.25) is 0 Å². The van der Waals surface area contributed by atoms with Gasteiger partial charge in [0.1, 0.15) is 0 Å². The van der Waals surface area contributed by atoms with Crippen LogP contribution in [0.5, 0.6) is 0 Å². The summed E-state index contributed by atoms with van der Waals surface area (Å²) in [6.07, 6.45) is 0.875. The molecule has 0 aromatic carbocycles. The van der Waals surface area contributed by atoms with Crippen LogP contribution in [0.15, 0.2) is 12.2 Å². The highest BCUT2D eigenvalue weighted by molar-refractivity contribution is 5.82. The van der Waals surface area contributed by atoms with Crippen molar-refractivity contribution in [3.63, 3.8) is 0 Å². The minimum absolute atomic E-state index is 0.226. The number of hydrogen-bond acceptors (Lipinski definition) is 3. The largest absolute Gasteiger partial charge is 0.465 e. The Balaban J connectivity index is 2.40. The molecule has 0 spiro atoms. The van der Waals surface area contributed by atoms with E-state index >= 15 is 0 Å². The van der Waals surface area contributed by atoms with Crippen LogP contribution in [0, 0.1) is 0 Å². The number of carbonyl (C=O) groups excluding carboxylic acids is 1. The second kappa shape index (κ2) is 4.29. The van der Waals surface area contributed by atoms with E-state index in [9.17, 15) is 14.0 Å². The summed E-state index contributed by atoms with van der Waals surface area (Å²) in [5.41, 5.74) is -1.73. The molecule has 0 radical (unpaired) electrons. The maximum Gasteiger partial charge on any atom is 0.407 e. The molecule has 84 valence electrons. The smallest absolute Gasteiger partial charge is 0.407 e. The highest BCUT2D eigenvalue weighted by atomic mass is 19.1. The van der Waals surface area contributed by atoms with Gasteiger partial charge in [0.15, 0.2) is 5.67 Å². The van der Waals surface area contributed by atoms with Gasteiger partial charge in [0.25, 0.3) is 0 Å². The molecule has 15 heavy (non-hydrogen) atoms. The molecule has 0 unspecified atom stereocenters. The van der Waals surface area contributed by atoms with Gasteiger partial charge in [-0.1, -0.05) is 0 Å². The molecule has 0 atom stereocenters. The molecule has 1 rings (SSSR count). The van der Waals surface area contributed by atoms with Gasteiger partial charge in [-0.3, -0.25) is 0 Å². The molecule has 1 fully saturated rings. The van der Waals surface area contributed by atoms with E-state index in [4.69, 9.17) is 5.11 Å². The maximum absolute atomic E-state index is 13.5. The van der Waals surface area contributed by atoms with Crippen molar-refractivity contribution in [1.29, 1.82) is 0 Å². The summed E-state index contributed by atoms with van der Waals surface area (Å²) in [5.74, 6) is -0.622. The standard InChI is InChI=1S/C9H12FNO4/c1-2-15-7(12)3-4-9(10)5-11(6-9)8(13)14/h3-4H,2,5-6H2,1H3,(H,13,14)/b4-3+. The molecule has 5 nitrogen and oxygen atoms in total. The Hall–Kier alpha value is -1.59. The highest BCUT2D eigenvalue weighted by Crippen LogP contribution is 2.26. The quantitative estimate of drug-likeness (QED) is 0.561. The molecule has 1 aliphatic heterocycles. The molecule has 1 N–H and O–H groups in total. The number of carboxylic acid groups (broad SMARTS) is 1. The van der Waals surface area contributed by atoms with Crippen LogP contribution in [-0.4, -0.2) is 47.4 Å². The van der Waals surface area contributed by atoms with Crippen LogP contribution >= 0.6 is 0 Å². The lowest BCUT2D eigenvalue weighted by Gasteiger charge is -2.40. The maximum atomic E-state index is 13.5. The van der Waals surface area contributed by atoms with Gasteiger partial charge in [0, 0.05) is 6.08 Å². The Kier molecular flexibility index (Phi) is 3.28. The van der Waals surface area contributed by atoms with E-state index in [0.29, 0.717) is 0 Å². The molecular weight excluding hydrogens is 205 g/mol. The topological polar surface area (TPSA) is 66.8 Å². The van der Waals surface area contributed by atoms with E-state index in [1.807, 2.05) is 0 Å². The number of likely N-dealkylation sites (tertiary alicyclic amines) is 1. The summed E-state index contributed by atoms with van der Waals surface area (Å²) in [6, 6.07) is 0. The van der Waals surface area contributed by atoms with Gasteiger partial charge in [-0.05, 0) is 13.0 Å². The third-order valence-electron chi connectivity index (χ3n) is 1.98. The van der Waals surface area contributed by atoms with Crippen LogP contribution in [0.1, 0.15) is 6.92 Å². The Labute approximate surface area is 86.1 Å². The molecule has 0 saturated carbocycles. The fourth-order valence-corrected chi connectivity index (χ4v) is 1.24. The van der Waals surface area contributed by atoms with Crippen molar-refractivity contribution in [3.05, 3.63) is 12.2 Å². The number of alkyl halides is 1. The molecule has 0 aliphatic carbocycles. The van der Waals surface area contributed by atoms with Crippen LogP contribution in [-0.2, 0) is 9.53 Å². The minimum atomic E-state index is -1.73. The zero-order valence-electron chi connectivity index (χ0n) is 8.27. The number of amides is 1. The number of nitrogens with zero attached hydrogens (tertiary/aromatic N) is 1. The lowest BCUT2D eigenvalue weighted by atomic mass is 9.96. The summed E-state index contributed by atoms with van der Waals surface area (Å²) in [7, 11) is 0. The van der Waals surface area contributed by atoms with Gasteiger partial charge in [-0.2, -0.15) is 0 Å². The number of ether oxygens (including phenoxy) is 1. The monoisotopic (exact) mass is 217 g/mol. The highest BCUT2D eigenvalue weighted by Gasteiger charge is 2.44. The Morgan fingerprint density at radius 2 is 2.20 bits per heavy atom. The Bertz CT molecular complexity index is 296. The molecular formula is C9H12FNO4. The van der Waals surface area contributed by atoms with Gasteiger partial charge in [-0.15, -0.1) is 0 Å². The summed E-state index contributed by atoms with van der Waals surface area (Å²) in [5, 5.41) is 8.47. The van der Waals surface area contributed by atoms with E-state index in [1.165, 1.54) is 0 Å². The fraction of sp³-hybridized carbons (Fsp3) is 0.556. The minimum Gasteiger partial charge on any atom is -0.465 e. The third kappa shape index (κ3) is 2.93. The van der Waals surface area contributed by atoms with Crippen molar-refractivity contribution >= 4 is 12.1 Å². The van der Waals surface area contributed by atoms with E-state index < -0.39 is 17.7 Å². The van der Waals surface area contributed by atoms with E-state index in [1.54, 1.807) is 6.92 Å². The average Bonchev–Trinajstić information content (AvgIpc) is 2.10. The predicted molar refractivity (Wildman–Crippen MR) is 49.2 cm³/mol. The molecule has 0 bridgehead atoms. The zero-order chi connectivity index (χ0) is 11.5. The van der Waals surface area contributed by atoms with Crippen LogP contribution < -0.4 is 0 Å². The summed E-state index contributed by atoms with van der Waals surface area (Å²) >= 11 is 0. The fourth-order valence-electron chi connectivity index (χ4n) is 1.24. The molecule has 1 saturated heterocycles. The number of carbonyl (C=O) groups is 2. The first-order valence-electron chi connectivity index (χ1n) is 4.49. The molecule has 1 amide bonds. The van der Waals surface area contributed by atoms with Gasteiger partial charge >= 0.3 is 12.1 Å². The first-order chi connectivity index (χ1) is 6.97. The SMILES string of the molecule is CCOC(=O)/C=C/C1(F)CN(C(=O)O)C1. The first kappa shape index (κ1) is 11.5. The predicted octanol–water partition coefficient (Wildman–Crippen LogP) is 0.808. The van der Waals surface area contributed by atoms with Gasteiger partial charge < -0.3 is 14.7 Å². The Morgan fingerprint density at radius 3 is 2.67 bits per heavy atom. The lowest BCUT2D eigenvalue weighted by molar-refractivity contribution is -0.137. The summed E-state index contributed by atoms with van der Waals surface area (Å²) in [6.45, 7) is 1.40. The van der Waals surface area contributed by atoms with Crippen LogP contribution in [0.3, 0.4) is 0 Å². The molecule has 1 heterocycles. The van der Waals surface area contributed by atoms with Crippen molar-refractivity contribution in [1.82, 2.24) is 4.90 Å². The van der Waals surface area contributed by atoms with Crippen molar-refractivity contribution < 1.29 is 23.8 Å². The zero-order valence-corrected chi connectivity index (χ0v) is 8.27. The second-order valence-corrected chi connectivity index (χ2v) is 3.26. The lowest BCUT2D eigenvalue weighted by Crippen LogP contribution is -2.59. The summed E-state index contributed by atoms with van der Waals surface area (Å²) < 4.78 is 18.1. The van der Waals surface area contributed by atoms with Crippen molar-refractivity contribution in [3.8, 4) is 0 Å². The Morgan fingerprint density at radius 1 is 1.60 bits per heavy atom. The molecule has 1 aliphatic rings. The second-order valence-electron chi connectivity index (χ2n) is 3.26. The first-order valence-corrected chi connectivity index (χ1v) is 4.49. The number of rotatable bonds is 3. The van der Waals surface area contributed by atoms with Crippen molar-refractivity contribution in [2.75, 3.05) is 19.7 Å². The average molecular weight is 217 g/mol. The third-order valence-corrected chi connectivity index (χ3v) is 1.98. The number of esters is 1. The molecule has 0 aromatic rings. The normalized spacial score (nSPS) is 18.7. The van der Waals surface area contributed by atoms with Gasteiger partial charge in [-0.25, -0.2) is 14.0 Å². The molecule has 6 heteroatoms. The van der Waals surface area contributed by atoms with E-state index in [2.05, 4.69) is 4.74 Å². The van der Waals surface area contributed by atoms with Gasteiger partial charge in [0.05, 0.1) is 19.7 Å². The van der Waals surface area contributed by atoms with Crippen LogP contribution in [0.25, 0.3) is 0 Å². The van der Waals surface area contributed by atoms with E-state index in [-0.39, 0.29) is 19.7 Å². The van der Waals surface area contributed by atoms with Crippen molar-refractivity contribution in [2.45, 2.75) is 12.6 Å². The molecule has 0 aromatic heterocycles.